The average Bonchev–Trinajstić information content (AvgIpc) is 2.50. The summed E-state index contributed by atoms with van der Waals surface area (Å²) in [5, 5.41) is 12.7. The van der Waals surface area contributed by atoms with Crippen molar-refractivity contribution in [2.24, 2.45) is 0 Å². The molecule has 0 aliphatic carbocycles. The van der Waals surface area contributed by atoms with Crippen LogP contribution in [0.2, 0.25) is 18.1 Å². The molecule has 0 spiro atoms. The number of hydrogen-bond donors (Lipinski definition) is 2. The van der Waals surface area contributed by atoms with Crippen LogP contribution in [0, 0.1) is 0 Å². The predicted octanol–water partition coefficient (Wildman–Crippen LogP) is 3.08. The van der Waals surface area contributed by atoms with Gasteiger partial charge in [-0.15, -0.1) is 0 Å². The minimum Gasteiger partial charge on any atom is -0.543 e. The first kappa shape index (κ1) is 20.7. The highest BCUT2D eigenvalue weighted by Crippen LogP contribution is 2.37. The normalized spacial score (nSPS) is 14.8. The highest BCUT2D eigenvalue weighted by atomic mass is 28.4. The molecule has 1 aromatic rings. The van der Waals surface area contributed by atoms with Gasteiger partial charge < -0.3 is 14.3 Å². The molecular formula is C18H31NO4Si. The van der Waals surface area contributed by atoms with Gasteiger partial charge in [-0.25, -0.2) is 4.79 Å². The molecule has 0 aromatic heterocycles. The maximum atomic E-state index is 11.8. The van der Waals surface area contributed by atoms with Crippen LogP contribution < -0.4 is 9.74 Å². The zero-order valence-corrected chi connectivity index (χ0v) is 16.9. The summed E-state index contributed by atoms with van der Waals surface area (Å²) >= 11 is 0. The van der Waals surface area contributed by atoms with E-state index in [1.807, 2.05) is 24.3 Å². The van der Waals surface area contributed by atoms with E-state index in [1.54, 1.807) is 6.92 Å². The van der Waals surface area contributed by atoms with E-state index in [4.69, 9.17) is 9.16 Å². The molecular weight excluding hydrogens is 322 g/mol. The van der Waals surface area contributed by atoms with E-state index in [9.17, 15) is 9.90 Å². The van der Waals surface area contributed by atoms with Gasteiger partial charge in [-0.1, -0.05) is 32.9 Å². The number of ether oxygens (including phenoxy) is 1. The molecule has 1 atom stereocenters. The van der Waals surface area contributed by atoms with Crippen molar-refractivity contribution in [1.29, 1.82) is 0 Å². The largest absolute Gasteiger partial charge is 0.543 e. The molecule has 2 N–H and O–H groups in total. The van der Waals surface area contributed by atoms with Crippen molar-refractivity contribution < 1.29 is 19.1 Å². The van der Waals surface area contributed by atoms with E-state index < -0.39 is 19.8 Å². The lowest BCUT2D eigenvalue weighted by atomic mass is 10.0. The fourth-order valence-corrected chi connectivity index (χ4v) is 2.90. The molecule has 1 aromatic carbocycles. The fraction of sp³-hybridized carbons (Fsp3) is 0.611. The summed E-state index contributed by atoms with van der Waals surface area (Å²) < 4.78 is 11.0. The van der Waals surface area contributed by atoms with Crippen LogP contribution in [0.1, 0.15) is 33.3 Å². The molecule has 24 heavy (non-hydrogen) atoms. The molecule has 0 amide bonds. The van der Waals surface area contributed by atoms with Gasteiger partial charge in [0.15, 0.2) is 0 Å². The van der Waals surface area contributed by atoms with Crippen LogP contribution in [-0.2, 0) is 16.1 Å². The van der Waals surface area contributed by atoms with Crippen LogP contribution in [0.4, 0.5) is 0 Å². The average molecular weight is 354 g/mol. The van der Waals surface area contributed by atoms with Crippen molar-refractivity contribution in [2.45, 2.75) is 57.9 Å². The minimum atomic E-state index is -1.89. The van der Waals surface area contributed by atoms with Gasteiger partial charge >= 0.3 is 5.97 Å². The Labute approximate surface area is 146 Å². The second-order valence-corrected chi connectivity index (χ2v) is 12.6. The Morgan fingerprint density at radius 2 is 1.88 bits per heavy atom. The smallest absolute Gasteiger partial charge is 0.328 e. The lowest BCUT2D eigenvalue weighted by Gasteiger charge is -2.36. The molecule has 0 aliphatic heterocycles. The maximum absolute atomic E-state index is 11.8. The van der Waals surface area contributed by atoms with Gasteiger partial charge in [0.25, 0.3) is 0 Å². The molecule has 6 heteroatoms. The third kappa shape index (κ3) is 5.06. The zero-order valence-electron chi connectivity index (χ0n) is 15.9. The molecule has 0 saturated carbocycles. The highest BCUT2D eigenvalue weighted by Gasteiger charge is 2.39. The van der Waals surface area contributed by atoms with Crippen molar-refractivity contribution in [3.63, 3.8) is 0 Å². The molecule has 1 rings (SSSR count). The van der Waals surface area contributed by atoms with E-state index in [2.05, 4.69) is 39.2 Å². The third-order valence-electron chi connectivity index (χ3n) is 4.71. The Balaban J connectivity index is 2.85. The van der Waals surface area contributed by atoms with Crippen LogP contribution in [0.3, 0.4) is 0 Å². The Kier molecular flexibility index (Phi) is 6.61. The second kappa shape index (κ2) is 7.67. The highest BCUT2D eigenvalue weighted by molar-refractivity contribution is 6.74. The van der Waals surface area contributed by atoms with Crippen molar-refractivity contribution in [3.05, 3.63) is 29.8 Å². The van der Waals surface area contributed by atoms with Gasteiger partial charge in [0, 0.05) is 6.54 Å². The zero-order chi connectivity index (χ0) is 18.6. The molecule has 0 fully saturated rings. The quantitative estimate of drug-likeness (QED) is 0.582. The number of aliphatic hydroxyl groups excluding tert-OH is 1. The Morgan fingerprint density at radius 1 is 1.25 bits per heavy atom. The topological polar surface area (TPSA) is 67.8 Å². The lowest BCUT2D eigenvalue weighted by molar-refractivity contribution is -0.149. The lowest BCUT2D eigenvalue weighted by Crippen LogP contribution is -2.52. The molecule has 0 saturated heterocycles. The SMILES string of the molecule is COC(=O)C(C)(CO)NCc1cccc(O[Si](C)(C)C(C)(C)C)c1. The van der Waals surface area contributed by atoms with E-state index >= 15 is 0 Å². The van der Waals surface area contributed by atoms with Crippen LogP contribution >= 0.6 is 0 Å². The van der Waals surface area contributed by atoms with E-state index in [0.717, 1.165) is 11.3 Å². The van der Waals surface area contributed by atoms with E-state index in [-0.39, 0.29) is 11.6 Å². The molecule has 1 unspecified atom stereocenters. The molecule has 0 bridgehead atoms. The number of carbonyl (C=O) groups is 1. The number of hydrogen-bond acceptors (Lipinski definition) is 5. The van der Waals surface area contributed by atoms with Crippen molar-refractivity contribution in [3.8, 4) is 5.75 Å². The standard InChI is InChI=1S/C18H31NO4Si/c1-17(2,3)24(6,7)23-15-10-8-9-14(11-15)12-19-18(4,13-20)16(21)22-5/h8-11,19-20H,12-13H2,1-7H3. The summed E-state index contributed by atoms with van der Waals surface area (Å²) in [6, 6.07) is 7.83. The van der Waals surface area contributed by atoms with Crippen LogP contribution in [0.5, 0.6) is 5.75 Å². The number of rotatable bonds is 7. The number of nitrogens with one attached hydrogen (secondary N) is 1. The molecule has 0 heterocycles. The first-order valence-electron chi connectivity index (χ1n) is 8.17. The molecule has 136 valence electrons. The van der Waals surface area contributed by atoms with Crippen molar-refractivity contribution in [2.75, 3.05) is 13.7 Å². The molecule has 0 radical (unpaired) electrons. The summed E-state index contributed by atoms with van der Waals surface area (Å²) in [7, 11) is -0.582. The maximum Gasteiger partial charge on any atom is 0.328 e. The number of benzene rings is 1. The van der Waals surface area contributed by atoms with Gasteiger partial charge in [0.05, 0.1) is 13.7 Å². The first-order valence-corrected chi connectivity index (χ1v) is 11.1. The minimum absolute atomic E-state index is 0.127. The summed E-state index contributed by atoms with van der Waals surface area (Å²) in [5.41, 5.74) is -0.139. The fourth-order valence-electron chi connectivity index (χ4n) is 1.88. The van der Waals surface area contributed by atoms with Gasteiger partial charge in [0.1, 0.15) is 11.3 Å². The van der Waals surface area contributed by atoms with Crippen LogP contribution in [0.25, 0.3) is 0 Å². The number of aliphatic hydroxyl groups is 1. The van der Waals surface area contributed by atoms with E-state index in [0.29, 0.717) is 6.54 Å². The van der Waals surface area contributed by atoms with Crippen molar-refractivity contribution in [1.82, 2.24) is 5.32 Å². The number of esters is 1. The van der Waals surface area contributed by atoms with Gasteiger partial charge in [0.2, 0.25) is 8.32 Å². The predicted molar refractivity (Wildman–Crippen MR) is 98.6 cm³/mol. The third-order valence-corrected chi connectivity index (χ3v) is 9.07. The van der Waals surface area contributed by atoms with Crippen molar-refractivity contribution >= 4 is 14.3 Å². The monoisotopic (exact) mass is 353 g/mol. The summed E-state index contributed by atoms with van der Waals surface area (Å²) in [4.78, 5) is 11.8. The number of methoxy groups -OCH3 is 1. The second-order valence-electron chi connectivity index (χ2n) is 7.85. The Hall–Kier alpha value is -1.37. The summed E-state index contributed by atoms with van der Waals surface area (Å²) in [6.07, 6.45) is 0. The van der Waals surface area contributed by atoms with E-state index in [1.165, 1.54) is 7.11 Å². The van der Waals surface area contributed by atoms with Crippen LogP contribution in [-0.4, -0.2) is 38.6 Å². The van der Waals surface area contributed by atoms with Crippen LogP contribution in [0.15, 0.2) is 24.3 Å². The number of carbonyl (C=O) groups excluding carboxylic acids is 1. The van der Waals surface area contributed by atoms with Gasteiger partial charge in [-0.05, 0) is 42.8 Å². The molecule has 0 aliphatic rings. The Morgan fingerprint density at radius 3 is 2.38 bits per heavy atom. The van der Waals surface area contributed by atoms with Gasteiger partial charge in [-0.2, -0.15) is 0 Å². The first-order chi connectivity index (χ1) is 10.9. The summed E-state index contributed by atoms with van der Waals surface area (Å²) in [6.45, 7) is 12.7. The Bertz CT molecular complexity index is 568. The summed E-state index contributed by atoms with van der Waals surface area (Å²) in [5.74, 6) is 0.350. The van der Waals surface area contributed by atoms with Gasteiger partial charge in [-0.3, -0.25) is 5.32 Å². The molecule has 5 nitrogen and oxygen atoms in total.